The summed E-state index contributed by atoms with van der Waals surface area (Å²) < 4.78 is 4.73. The third kappa shape index (κ3) is 2.41. The largest absolute Gasteiger partial charge is 2.00 e. The van der Waals surface area contributed by atoms with Crippen LogP contribution in [0.5, 0.6) is 0 Å². The van der Waals surface area contributed by atoms with E-state index in [1.54, 1.807) is 0 Å². The molecule has 17 heavy (non-hydrogen) atoms. The van der Waals surface area contributed by atoms with E-state index in [-0.39, 0.29) is 56.9 Å². The van der Waals surface area contributed by atoms with Crippen LogP contribution in [0.2, 0.25) is 0 Å². The van der Waals surface area contributed by atoms with Crippen LogP contribution in [0, 0.1) is 17.8 Å². The summed E-state index contributed by atoms with van der Waals surface area (Å²) in [6.07, 6.45) is 0.223. The van der Waals surface area contributed by atoms with Gasteiger partial charge >= 0.3 is 27.0 Å². The average Bonchev–Trinajstić information content (AvgIpc) is 2.79. The van der Waals surface area contributed by atoms with Crippen LogP contribution in [0.25, 0.3) is 5.73 Å². The molecule has 0 amide bonds. The zero-order valence-electron chi connectivity index (χ0n) is 10.2. The first-order valence-corrected chi connectivity index (χ1v) is 5.58. The van der Waals surface area contributed by atoms with Crippen molar-refractivity contribution in [3.05, 3.63) is 5.73 Å². The Bertz CT molecular complexity index is 333. The summed E-state index contributed by atoms with van der Waals surface area (Å²) in [4.78, 5) is 16.9. The molecule has 2 aliphatic rings. The van der Waals surface area contributed by atoms with Crippen molar-refractivity contribution in [3.8, 4) is 0 Å². The molecule has 1 heterocycles. The van der Waals surface area contributed by atoms with Crippen LogP contribution in [-0.4, -0.2) is 30.9 Å². The summed E-state index contributed by atoms with van der Waals surface area (Å²) >= 11 is 0. The minimum atomic E-state index is -0.336. The fourth-order valence-electron chi connectivity index (χ4n) is 2.60. The number of carbonyl (C=O) groups is 1. The summed E-state index contributed by atoms with van der Waals surface area (Å²) in [6.45, 7) is 4.06. The molecule has 2 rings (SSSR count). The maximum Gasteiger partial charge on any atom is 2.00 e. The first-order chi connectivity index (χ1) is 7.56. The first-order valence-electron chi connectivity index (χ1n) is 5.58. The van der Waals surface area contributed by atoms with Crippen LogP contribution < -0.4 is 0 Å². The topological polar surface area (TPSA) is 71.7 Å². The van der Waals surface area contributed by atoms with Gasteiger partial charge in [0.1, 0.15) is 6.10 Å². The molecular formula is C11H17N2O3W+. The van der Waals surface area contributed by atoms with E-state index in [2.05, 4.69) is 5.16 Å². The molecule has 6 heteroatoms. The van der Waals surface area contributed by atoms with Gasteiger partial charge in [0.15, 0.2) is 0 Å². The van der Waals surface area contributed by atoms with Crippen LogP contribution in [0.1, 0.15) is 20.3 Å². The zero-order valence-corrected chi connectivity index (χ0v) is 13.1. The molecule has 5 nitrogen and oxygen atoms in total. The van der Waals surface area contributed by atoms with Gasteiger partial charge < -0.3 is 15.3 Å². The van der Waals surface area contributed by atoms with E-state index in [9.17, 15) is 4.79 Å². The Balaban J connectivity index is 0.00000144. The predicted molar refractivity (Wildman–Crippen MR) is 58.9 cm³/mol. The normalized spacial score (nSPS) is 34.8. The molecule has 0 radical (unpaired) electrons. The quantitative estimate of drug-likeness (QED) is 0.651. The van der Waals surface area contributed by atoms with Crippen molar-refractivity contribution < 1.29 is 35.4 Å². The second-order valence-corrected chi connectivity index (χ2v) is 4.74. The SMILES string of the molecule is COC(=O)C1CC([NH-])C2C(C(C)C)=NOC12.[W+2]. The zero-order chi connectivity index (χ0) is 11.9. The van der Waals surface area contributed by atoms with E-state index in [1.807, 2.05) is 13.8 Å². The van der Waals surface area contributed by atoms with E-state index < -0.39 is 0 Å². The molecule has 0 aromatic carbocycles. The molecular weight excluding hydrogens is 392 g/mol. The van der Waals surface area contributed by atoms with E-state index in [0.29, 0.717) is 6.42 Å². The smallest absolute Gasteiger partial charge is 0.674 e. The number of methoxy groups -OCH3 is 1. The van der Waals surface area contributed by atoms with Crippen molar-refractivity contribution in [2.45, 2.75) is 32.4 Å². The van der Waals surface area contributed by atoms with Gasteiger partial charge in [0.25, 0.3) is 0 Å². The molecule has 4 atom stereocenters. The first kappa shape index (κ1) is 14.6. The van der Waals surface area contributed by atoms with E-state index in [1.165, 1.54) is 7.11 Å². The van der Waals surface area contributed by atoms with Gasteiger partial charge in [-0.05, 0) is 5.92 Å². The van der Waals surface area contributed by atoms with Gasteiger partial charge in [-0.3, -0.25) is 4.79 Å². The number of carbonyl (C=O) groups excluding carboxylic acids is 1. The number of nitrogens with zero attached hydrogens (tertiary/aromatic N) is 1. The summed E-state index contributed by atoms with van der Waals surface area (Å²) in [6, 6.07) is -0.308. The van der Waals surface area contributed by atoms with Crippen LogP contribution in [-0.2, 0) is 35.4 Å². The van der Waals surface area contributed by atoms with Crippen molar-refractivity contribution in [2.24, 2.45) is 22.9 Å². The van der Waals surface area contributed by atoms with Gasteiger partial charge in [0.2, 0.25) is 0 Å². The number of rotatable bonds is 2. The van der Waals surface area contributed by atoms with Gasteiger partial charge in [-0.25, -0.2) is 0 Å². The third-order valence-corrected chi connectivity index (χ3v) is 3.41. The van der Waals surface area contributed by atoms with Gasteiger partial charge in [-0.1, -0.05) is 25.4 Å². The Morgan fingerprint density at radius 3 is 2.76 bits per heavy atom. The van der Waals surface area contributed by atoms with Crippen LogP contribution >= 0.6 is 0 Å². The number of nitrogens with one attached hydrogen (secondary N) is 1. The Hall–Kier alpha value is -0.412. The summed E-state index contributed by atoms with van der Waals surface area (Å²) in [5.74, 6) is -0.397. The van der Waals surface area contributed by atoms with Gasteiger partial charge in [0.05, 0.1) is 18.7 Å². The molecule has 1 aliphatic carbocycles. The van der Waals surface area contributed by atoms with Crippen molar-refractivity contribution in [3.63, 3.8) is 0 Å². The average molecular weight is 409 g/mol. The number of fused-ring (bicyclic) bond motifs is 1. The van der Waals surface area contributed by atoms with E-state index >= 15 is 0 Å². The minimum absolute atomic E-state index is 0. The molecule has 0 aromatic heterocycles. The number of ether oxygens (including phenoxy) is 1. The van der Waals surface area contributed by atoms with E-state index in [0.717, 1.165) is 5.71 Å². The molecule has 1 saturated carbocycles. The predicted octanol–water partition coefficient (Wildman–Crippen LogP) is 1.62. The number of hydrogen-bond donors (Lipinski definition) is 0. The molecule has 0 spiro atoms. The Morgan fingerprint density at radius 2 is 2.24 bits per heavy atom. The number of oxime groups is 1. The summed E-state index contributed by atoms with van der Waals surface area (Å²) in [5, 5.41) is 4.03. The van der Waals surface area contributed by atoms with Crippen LogP contribution in [0.4, 0.5) is 0 Å². The second-order valence-electron chi connectivity index (χ2n) is 4.74. The van der Waals surface area contributed by atoms with Gasteiger partial charge in [-0.2, -0.15) is 0 Å². The number of hydrogen-bond acceptors (Lipinski definition) is 4. The Labute approximate surface area is 115 Å². The maximum atomic E-state index is 11.5. The summed E-state index contributed by atoms with van der Waals surface area (Å²) in [7, 11) is 1.37. The fourth-order valence-corrected chi connectivity index (χ4v) is 2.60. The molecule has 0 bridgehead atoms. The number of esters is 1. The monoisotopic (exact) mass is 409 g/mol. The standard InChI is InChI=1S/C11H17N2O3.W/c1-5(2)9-8-7(12)4-6(11(14)15-3)10(8)16-13-9;/h5-8,10,12H,4H2,1-3H3;/q-1;+2. The molecule has 1 fully saturated rings. The maximum absolute atomic E-state index is 11.5. The molecule has 1 aliphatic heterocycles. The third-order valence-electron chi connectivity index (χ3n) is 3.41. The van der Waals surface area contributed by atoms with Crippen LogP contribution in [0.3, 0.4) is 0 Å². The van der Waals surface area contributed by atoms with E-state index in [4.69, 9.17) is 15.3 Å². The van der Waals surface area contributed by atoms with Crippen molar-refractivity contribution in [1.82, 2.24) is 0 Å². The molecule has 0 aromatic rings. The molecule has 1 N–H and O–H groups in total. The van der Waals surface area contributed by atoms with Crippen molar-refractivity contribution >= 4 is 11.7 Å². The van der Waals surface area contributed by atoms with Crippen molar-refractivity contribution in [1.29, 1.82) is 0 Å². The van der Waals surface area contributed by atoms with Crippen LogP contribution in [0.15, 0.2) is 5.16 Å². The van der Waals surface area contributed by atoms with Gasteiger partial charge in [-0.15, -0.1) is 6.04 Å². The molecule has 0 saturated heterocycles. The van der Waals surface area contributed by atoms with Gasteiger partial charge in [0, 0.05) is 5.92 Å². The van der Waals surface area contributed by atoms with Crippen molar-refractivity contribution in [2.75, 3.05) is 7.11 Å². The molecule has 94 valence electrons. The minimum Gasteiger partial charge on any atom is -0.674 e. The fraction of sp³-hybridized carbons (Fsp3) is 0.818. The summed E-state index contributed by atoms with van der Waals surface area (Å²) in [5.41, 5.74) is 8.93. The Morgan fingerprint density at radius 1 is 1.59 bits per heavy atom. The Kier molecular flexibility index (Phi) is 4.73. The second kappa shape index (κ2) is 5.49. The molecule has 4 unspecified atom stereocenters.